The van der Waals surface area contributed by atoms with Crippen molar-refractivity contribution in [2.75, 3.05) is 51.3 Å². The van der Waals surface area contributed by atoms with Gasteiger partial charge >= 0.3 is 0 Å². The van der Waals surface area contributed by atoms with Gasteiger partial charge in [0.1, 0.15) is 5.76 Å². The molecule has 2 aromatic heterocycles. The van der Waals surface area contributed by atoms with E-state index in [1.54, 1.807) is 29.2 Å². The Morgan fingerprint density at radius 3 is 2.85 bits per heavy atom. The predicted octanol–water partition coefficient (Wildman–Crippen LogP) is 1.39. The lowest BCUT2D eigenvalue weighted by molar-refractivity contribution is -0.134. The molecular weight excluding hydrogens is 368 g/mol. The molecule has 0 bridgehead atoms. The van der Waals surface area contributed by atoms with E-state index in [9.17, 15) is 9.59 Å². The number of rotatable bonds is 8. The number of morpholine rings is 1. The maximum Gasteiger partial charge on any atom is 0.245 e. The summed E-state index contributed by atoms with van der Waals surface area (Å²) in [5, 5.41) is 8.38. The fourth-order valence-corrected chi connectivity index (χ4v) is 3.53. The third kappa shape index (κ3) is 6.16. The first-order chi connectivity index (χ1) is 13.1. The average molecular weight is 392 g/mol. The molecule has 1 aliphatic rings. The van der Waals surface area contributed by atoms with E-state index in [0.29, 0.717) is 37.8 Å². The van der Waals surface area contributed by atoms with Gasteiger partial charge in [-0.1, -0.05) is 11.2 Å². The van der Waals surface area contributed by atoms with E-state index in [2.05, 4.69) is 15.4 Å². The molecule has 3 rings (SSSR count). The lowest BCUT2D eigenvalue weighted by atomic mass is 10.3. The van der Waals surface area contributed by atoms with E-state index in [4.69, 9.17) is 9.26 Å². The summed E-state index contributed by atoms with van der Waals surface area (Å²) in [6.07, 6.45) is 0.303. The zero-order chi connectivity index (χ0) is 19.1. The lowest BCUT2D eigenvalue weighted by Gasteiger charge is -2.29. The summed E-state index contributed by atoms with van der Waals surface area (Å²) in [7, 11) is 0. The highest BCUT2D eigenvalue weighted by Gasteiger charge is 2.20. The summed E-state index contributed by atoms with van der Waals surface area (Å²) in [5.41, 5.74) is 0. The molecule has 1 fully saturated rings. The molecule has 9 heteroatoms. The molecular formula is C18H24N4O4S. The first-order valence-corrected chi connectivity index (χ1v) is 9.81. The highest BCUT2D eigenvalue weighted by Crippen LogP contribution is 2.12. The van der Waals surface area contributed by atoms with Crippen LogP contribution < -0.4 is 5.32 Å². The number of anilines is 1. The first-order valence-electron chi connectivity index (χ1n) is 8.93. The van der Waals surface area contributed by atoms with Crippen LogP contribution in [-0.2, 0) is 20.7 Å². The molecule has 8 nitrogen and oxygen atoms in total. The second-order valence-corrected chi connectivity index (χ2v) is 7.43. The molecule has 1 N–H and O–H groups in total. The van der Waals surface area contributed by atoms with Crippen molar-refractivity contribution in [1.82, 2.24) is 15.0 Å². The van der Waals surface area contributed by atoms with Crippen molar-refractivity contribution in [1.29, 1.82) is 0 Å². The van der Waals surface area contributed by atoms with Gasteiger partial charge in [0.2, 0.25) is 11.8 Å². The van der Waals surface area contributed by atoms with E-state index in [-0.39, 0.29) is 18.4 Å². The van der Waals surface area contributed by atoms with Gasteiger partial charge in [-0.05, 0) is 18.4 Å². The summed E-state index contributed by atoms with van der Waals surface area (Å²) in [6, 6.07) is 5.50. The van der Waals surface area contributed by atoms with Gasteiger partial charge in [0, 0.05) is 37.1 Å². The number of carbonyl (C=O) groups is 2. The van der Waals surface area contributed by atoms with Gasteiger partial charge in [-0.15, -0.1) is 11.3 Å². The fraction of sp³-hybridized carbons (Fsp3) is 0.500. The van der Waals surface area contributed by atoms with Crippen LogP contribution in [0.4, 0.5) is 5.82 Å². The monoisotopic (exact) mass is 392 g/mol. The number of hydrogen-bond acceptors (Lipinski definition) is 7. The molecule has 2 aromatic rings. The number of nitrogens with one attached hydrogen (secondary N) is 1. The number of aromatic nitrogens is 1. The number of aryl methyl sites for hydroxylation is 1. The molecule has 146 valence electrons. The SMILES string of the molecule is Cc1cc(NC(=O)CN(CCN2CCOCC2)C(=O)Cc2cccs2)no1. The lowest BCUT2D eigenvalue weighted by Crippen LogP contribution is -2.45. The Morgan fingerprint density at radius 1 is 1.37 bits per heavy atom. The smallest absolute Gasteiger partial charge is 0.245 e. The summed E-state index contributed by atoms with van der Waals surface area (Å²) >= 11 is 1.54. The Labute approximate surface area is 162 Å². The van der Waals surface area contributed by atoms with Crippen LogP contribution in [0.3, 0.4) is 0 Å². The van der Waals surface area contributed by atoms with Gasteiger partial charge in [0.25, 0.3) is 0 Å². The van der Waals surface area contributed by atoms with Crippen LogP contribution in [0.2, 0.25) is 0 Å². The van der Waals surface area contributed by atoms with Crippen LogP contribution in [0.1, 0.15) is 10.6 Å². The molecule has 0 saturated carbocycles. The molecule has 1 aliphatic heterocycles. The maximum atomic E-state index is 12.8. The van der Waals surface area contributed by atoms with E-state index in [1.807, 2.05) is 17.5 Å². The van der Waals surface area contributed by atoms with E-state index < -0.39 is 0 Å². The van der Waals surface area contributed by atoms with Crippen molar-refractivity contribution in [2.24, 2.45) is 0 Å². The van der Waals surface area contributed by atoms with Crippen molar-refractivity contribution < 1.29 is 18.8 Å². The van der Waals surface area contributed by atoms with Crippen molar-refractivity contribution in [3.63, 3.8) is 0 Å². The van der Waals surface area contributed by atoms with Crippen LogP contribution in [0, 0.1) is 6.92 Å². The summed E-state index contributed by atoms with van der Waals surface area (Å²) in [4.78, 5) is 30.0. The molecule has 0 unspecified atom stereocenters. The van der Waals surface area contributed by atoms with Gasteiger partial charge in [0.05, 0.1) is 26.2 Å². The fourth-order valence-electron chi connectivity index (χ4n) is 2.83. The Balaban J connectivity index is 1.58. The molecule has 0 atom stereocenters. The van der Waals surface area contributed by atoms with Crippen LogP contribution in [0.15, 0.2) is 28.1 Å². The van der Waals surface area contributed by atoms with Crippen molar-refractivity contribution in [3.05, 3.63) is 34.2 Å². The normalized spacial score (nSPS) is 14.9. The molecule has 3 heterocycles. The Morgan fingerprint density at radius 2 is 2.19 bits per heavy atom. The zero-order valence-corrected chi connectivity index (χ0v) is 16.2. The van der Waals surface area contributed by atoms with Gasteiger partial charge in [-0.3, -0.25) is 14.5 Å². The minimum absolute atomic E-state index is 0.0134. The topological polar surface area (TPSA) is 87.9 Å². The first kappa shape index (κ1) is 19.5. The summed E-state index contributed by atoms with van der Waals surface area (Å²) < 4.78 is 10.3. The van der Waals surface area contributed by atoms with E-state index in [1.165, 1.54) is 0 Å². The third-order valence-corrected chi connectivity index (χ3v) is 5.15. The summed E-state index contributed by atoms with van der Waals surface area (Å²) in [6.45, 7) is 6.05. The molecule has 0 aliphatic carbocycles. The standard InChI is InChI=1S/C18H24N4O4S/c1-14-11-16(20-26-14)19-17(23)13-22(5-4-21-6-8-25-9-7-21)18(24)12-15-3-2-10-27-15/h2-3,10-11H,4-9,12-13H2,1H3,(H,19,20,23). The van der Waals surface area contributed by atoms with Crippen LogP contribution in [0.5, 0.6) is 0 Å². The minimum atomic E-state index is -0.287. The Bertz CT molecular complexity index is 740. The number of hydrogen-bond donors (Lipinski definition) is 1. The molecule has 0 radical (unpaired) electrons. The van der Waals surface area contributed by atoms with Crippen molar-refractivity contribution >= 4 is 29.0 Å². The average Bonchev–Trinajstić information content (AvgIpc) is 3.31. The minimum Gasteiger partial charge on any atom is -0.379 e. The van der Waals surface area contributed by atoms with Crippen LogP contribution in [0.25, 0.3) is 0 Å². The van der Waals surface area contributed by atoms with Gasteiger partial charge in [-0.2, -0.15) is 0 Å². The molecule has 1 saturated heterocycles. The number of ether oxygens (including phenoxy) is 1. The van der Waals surface area contributed by atoms with Crippen molar-refractivity contribution in [3.8, 4) is 0 Å². The second-order valence-electron chi connectivity index (χ2n) is 6.40. The largest absolute Gasteiger partial charge is 0.379 e. The van der Waals surface area contributed by atoms with E-state index >= 15 is 0 Å². The third-order valence-electron chi connectivity index (χ3n) is 4.28. The number of amides is 2. The quantitative estimate of drug-likeness (QED) is 0.730. The van der Waals surface area contributed by atoms with Gasteiger partial charge < -0.3 is 19.5 Å². The zero-order valence-electron chi connectivity index (χ0n) is 15.3. The van der Waals surface area contributed by atoms with E-state index in [0.717, 1.165) is 24.5 Å². The molecule has 0 spiro atoms. The highest BCUT2D eigenvalue weighted by molar-refractivity contribution is 7.10. The number of thiophene rings is 1. The highest BCUT2D eigenvalue weighted by atomic mass is 32.1. The van der Waals surface area contributed by atoms with Crippen LogP contribution in [-0.4, -0.2) is 72.7 Å². The Hall–Kier alpha value is -2.23. The molecule has 0 aromatic carbocycles. The number of carbonyl (C=O) groups excluding carboxylic acids is 2. The Kier molecular flexibility index (Phi) is 6.97. The summed E-state index contributed by atoms with van der Waals surface area (Å²) in [5.74, 6) is 0.626. The maximum absolute atomic E-state index is 12.8. The second kappa shape index (κ2) is 9.63. The predicted molar refractivity (Wildman–Crippen MR) is 102 cm³/mol. The molecule has 2 amide bonds. The van der Waals surface area contributed by atoms with Crippen LogP contribution >= 0.6 is 11.3 Å². The molecule has 27 heavy (non-hydrogen) atoms. The number of nitrogens with zero attached hydrogens (tertiary/aromatic N) is 3. The van der Waals surface area contributed by atoms with Gasteiger partial charge in [-0.25, -0.2) is 0 Å². The van der Waals surface area contributed by atoms with Crippen molar-refractivity contribution in [2.45, 2.75) is 13.3 Å². The van der Waals surface area contributed by atoms with Gasteiger partial charge in [0.15, 0.2) is 5.82 Å².